The first-order chi connectivity index (χ1) is 12.3. The number of alkyl halides is 2. The molecule has 2 rings (SSSR count). The number of nitrogens with one attached hydrogen (secondary N) is 2. The minimum Gasteiger partial charge on any atom is -0.356 e. The zero-order chi connectivity index (χ0) is 19.2. The van der Waals surface area contributed by atoms with Crippen LogP contribution in [0.5, 0.6) is 0 Å². The lowest BCUT2D eigenvalue weighted by atomic mass is 9.98. The Hall–Kier alpha value is -1.08. The van der Waals surface area contributed by atoms with Crippen LogP contribution in [0, 0.1) is 11.7 Å². The fourth-order valence-electron chi connectivity index (χ4n) is 2.76. The normalized spacial score (nSPS) is 16.9. The molecule has 1 fully saturated rings. The summed E-state index contributed by atoms with van der Waals surface area (Å²) in [5, 5.41) is 6.11. The maximum absolute atomic E-state index is 13.6. The summed E-state index contributed by atoms with van der Waals surface area (Å²) in [7, 11) is -2.90. The number of hydrogen-bond donors (Lipinski definition) is 2. The van der Waals surface area contributed by atoms with Crippen molar-refractivity contribution in [1.82, 2.24) is 14.9 Å². The molecule has 1 heterocycles. The molecule has 0 unspecified atom stereocenters. The minimum absolute atomic E-state index is 0. The Bertz CT molecular complexity index is 726. The predicted molar refractivity (Wildman–Crippen MR) is 109 cm³/mol. The van der Waals surface area contributed by atoms with Crippen LogP contribution in [-0.4, -0.2) is 51.1 Å². The van der Waals surface area contributed by atoms with E-state index in [1.807, 2.05) is 0 Å². The zero-order valence-electron chi connectivity index (χ0n) is 14.9. The van der Waals surface area contributed by atoms with Gasteiger partial charge < -0.3 is 10.6 Å². The van der Waals surface area contributed by atoms with Crippen molar-refractivity contribution in [3.8, 4) is 0 Å². The van der Waals surface area contributed by atoms with Gasteiger partial charge in [0.1, 0.15) is 5.82 Å². The summed E-state index contributed by atoms with van der Waals surface area (Å²) in [5.74, 6) is -3.04. The van der Waals surface area contributed by atoms with E-state index in [0.717, 1.165) is 4.31 Å². The molecule has 1 aliphatic heterocycles. The second kappa shape index (κ2) is 11.1. The Kier molecular flexibility index (Phi) is 9.81. The molecule has 1 aliphatic rings. The van der Waals surface area contributed by atoms with Crippen molar-refractivity contribution in [2.45, 2.75) is 25.1 Å². The minimum atomic E-state index is -4.49. The molecule has 2 N–H and O–H groups in total. The molecule has 0 radical (unpaired) electrons. The average Bonchev–Trinajstić information content (AvgIpc) is 2.63. The highest BCUT2D eigenvalue weighted by molar-refractivity contribution is 14.0. The van der Waals surface area contributed by atoms with Gasteiger partial charge in [0.25, 0.3) is 10.0 Å². The monoisotopic (exact) mass is 520 g/mol. The number of halogens is 4. The molecule has 0 saturated carbocycles. The van der Waals surface area contributed by atoms with E-state index in [4.69, 9.17) is 0 Å². The highest BCUT2D eigenvalue weighted by Crippen LogP contribution is 2.22. The van der Waals surface area contributed by atoms with Crippen LogP contribution in [-0.2, 0) is 16.6 Å². The molecule has 1 aromatic rings. The van der Waals surface area contributed by atoms with Crippen molar-refractivity contribution in [2.75, 3.05) is 26.7 Å². The summed E-state index contributed by atoms with van der Waals surface area (Å²) in [5.41, 5.74) is 0.515. The summed E-state index contributed by atoms with van der Waals surface area (Å²) < 4.78 is 62.5. The predicted octanol–water partition coefficient (Wildman–Crippen LogP) is 2.37. The van der Waals surface area contributed by atoms with Gasteiger partial charge in [-0.3, -0.25) is 4.99 Å². The lowest BCUT2D eigenvalue weighted by Crippen LogP contribution is -2.45. The van der Waals surface area contributed by atoms with Crippen LogP contribution in [0.15, 0.2) is 29.3 Å². The molecule has 6 nitrogen and oxygen atoms in total. The first kappa shape index (κ1) is 24.0. The van der Waals surface area contributed by atoms with E-state index in [1.54, 1.807) is 25.2 Å². The van der Waals surface area contributed by atoms with Gasteiger partial charge in [0.15, 0.2) is 5.96 Å². The lowest BCUT2D eigenvalue weighted by molar-refractivity contribution is 0.204. The van der Waals surface area contributed by atoms with Crippen molar-refractivity contribution in [2.24, 2.45) is 10.9 Å². The quantitative estimate of drug-likeness (QED) is 0.344. The number of benzene rings is 1. The second-order valence-corrected chi connectivity index (χ2v) is 7.95. The van der Waals surface area contributed by atoms with E-state index in [-0.39, 0.29) is 55.3 Å². The average molecular weight is 520 g/mol. The van der Waals surface area contributed by atoms with Gasteiger partial charge in [0.05, 0.1) is 0 Å². The van der Waals surface area contributed by atoms with Crippen LogP contribution in [0.4, 0.5) is 13.2 Å². The van der Waals surface area contributed by atoms with Crippen LogP contribution in [0.3, 0.4) is 0 Å². The molecule has 11 heteroatoms. The molecule has 0 aliphatic carbocycles. The second-order valence-electron chi connectivity index (χ2n) is 6.05. The molecule has 1 aromatic carbocycles. The molecule has 27 heavy (non-hydrogen) atoms. The van der Waals surface area contributed by atoms with E-state index < -0.39 is 15.8 Å². The number of aliphatic imine (C=N–C) groups is 1. The maximum Gasteiger partial charge on any atom is 0.350 e. The van der Waals surface area contributed by atoms with Crippen molar-refractivity contribution in [1.29, 1.82) is 0 Å². The third-order valence-corrected chi connectivity index (χ3v) is 5.88. The highest BCUT2D eigenvalue weighted by Gasteiger charge is 2.34. The number of piperidine rings is 1. The Morgan fingerprint density at radius 3 is 2.44 bits per heavy atom. The van der Waals surface area contributed by atoms with Gasteiger partial charge in [0.2, 0.25) is 0 Å². The van der Waals surface area contributed by atoms with Crippen LogP contribution in [0.25, 0.3) is 0 Å². The van der Waals surface area contributed by atoms with Gasteiger partial charge in [-0.2, -0.15) is 13.1 Å². The number of sulfonamides is 1. The molecule has 154 valence electrons. The van der Waals surface area contributed by atoms with Crippen molar-refractivity contribution >= 4 is 40.0 Å². The summed E-state index contributed by atoms with van der Waals surface area (Å²) >= 11 is 0. The van der Waals surface area contributed by atoms with E-state index in [2.05, 4.69) is 15.6 Å². The summed E-state index contributed by atoms with van der Waals surface area (Å²) in [4.78, 5) is 4.06. The first-order valence-corrected chi connectivity index (χ1v) is 9.80. The number of nitrogens with zero attached hydrogens (tertiary/aromatic N) is 2. The van der Waals surface area contributed by atoms with Crippen LogP contribution in [0.2, 0.25) is 0 Å². The molecular weight excluding hydrogens is 496 g/mol. The molecule has 0 aromatic heterocycles. The summed E-state index contributed by atoms with van der Waals surface area (Å²) in [6, 6.07) is 6.42. The van der Waals surface area contributed by atoms with Crippen LogP contribution in [0.1, 0.15) is 18.4 Å². The smallest absolute Gasteiger partial charge is 0.350 e. The van der Waals surface area contributed by atoms with E-state index >= 15 is 0 Å². The SMILES string of the molecule is CN=C(NCc1ccccc1F)NCC1CCN(S(=O)(=O)C(F)F)CC1.I. The van der Waals surface area contributed by atoms with Crippen molar-refractivity contribution in [3.05, 3.63) is 35.6 Å². The van der Waals surface area contributed by atoms with E-state index in [0.29, 0.717) is 30.9 Å². The molecule has 0 bridgehead atoms. The van der Waals surface area contributed by atoms with Gasteiger partial charge in [0, 0.05) is 38.8 Å². The Balaban J connectivity index is 0.00000364. The third kappa shape index (κ3) is 6.79. The topological polar surface area (TPSA) is 73.8 Å². The van der Waals surface area contributed by atoms with Crippen LogP contribution < -0.4 is 10.6 Å². The van der Waals surface area contributed by atoms with E-state index in [1.165, 1.54) is 6.07 Å². The van der Waals surface area contributed by atoms with Crippen LogP contribution >= 0.6 is 24.0 Å². The number of hydrogen-bond acceptors (Lipinski definition) is 3. The van der Waals surface area contributed by atoms with Crippen molar-refractivity contribution in [3.63, 3.8) is 0 Å². The van der Waals surface area contributed by atoms with E-state index in [9.17, 15) is 21.6 Å². The van der Waals surface area contributed by atoms with Gasteiger partial charge >= 0.3 is 5.76 Å². The molecule has 0 amide bonds. The Morgan fingerprint density at radius 2 is 1.89 bits per heavy atom. The fraction of sp³-hybridized carbons (Fsp3) is 0.562. The van der Waals surface area contributed by atoms with Crippen molar-refractivity contribution < 1.29 is 21.6 Å². The van der Waals surface area contributed by atoms with Gasteiger partial charge in [-0.25, -0.2) is 12.8 Å². The molecule has 0 spiro atoms. The lowest BCUT2D eigenvalue weighted by Gasteiger charge is -2.31. The Morgan fingerprint density at radius 1 is 1.26 bits per heavy atom. The number of guanidine groups is 1. The standard InChI is InChI=1S/C16H23F3N4O2S.HI/c1-20-16(22-11-13-4-2-3-5-14(13)17)21-10-12-6-8-23(9-7-12)26(24,25)15(18)19;/h2-5,12,15H,6-11H2,1H3,(H2,20,21,22);1H. The molecular formula is C16H24F3IN4O2S. The van der Waals surface area contributed by atoms with Gasteiger partial charge in [-0.05, 0) is 24.8 Å². The fourth-order valence-corrected chi connectivity index (χ4v) is 3.71. The Labute approximate surface area is 174 Å². The summed E-state index contributed by atoms with van der Waals surface area (Å²) in [6.07, 6.45) is 0.979. The largest absolute Gasteiger partial charge is 0.356 e. The first-order valence-electron chi connectivity index (χ1n) is 8.29. The van der Waals surface area contributed by atoms with Gasteiger partial charge in [-0.15, -0.1) is 24.0 Å². The number of rotatable bonds is 6. The highest BCUT2D eigenvalue weighted by atomic mass is 127. The third-order valence-electron chi connectivity index (χ3n) is 4.34. The maximum atomic E-state index is 13.6. The summed E-state index contributed by atoms with van der Waals surface area (Å²) in [6.45, 7) is 0.970. The molecule has 0 atom stereocenters. The van der Waals surface area contributed by atoms with Gasteiger partial charge in [-0.1, -0.05) is 18.2 Å². The molecule has 1 saturated heterocycles. The zero-order valence-corrected chi connectivity index (χ0v) is 18.0.